The van der Waals surface area contributed by atoms with Crippen LogP contribution in [-0.2, 0) is 17.6 Å². The zero-order valence-corrected chi connectivity index (χ0v) is 13.4. The molecule has 1 aromatic heterocycles. The third kappa shape index (κ3) is 2.58. The number of aromatic nitrogens is 2. The summed E-state index contributed by atoms with van der Waals surface area (Å²) in [5.41, 5.74) is 6.16. The maximum Gasteiger partial charge on any atom is 0.224 e. The van der Waals surface area contributed by atoms with E-state index < -0.39 is 0 Å². The van der Waals surface area contributed by atoms with Crippen molar-refractivity contribution in [3.63, 3.8) is 0 Å². The van der Waals surface area contributed by atoms with Crippen LogP contribution >= 0.6 is 0 Å². The van der Waals surface area contributed by atoms with Gasteiger partial charge in [-0.05, 0) is 55.9 Å². The Labute approximate surface area is 136 Å². The van der Waals surface area contributed by atoms with Gasteiger partial charge < -0.3 is 9.88 Å². The first kappa shape index (κ1) is 14.2. The van der Waals surface area contributed by atoms with Crippen LogP contribution in [0.1, 0.15) is 43.1 Å². The lowest BCUT2D eigenvalue weighted by Gasteiger charge is -2.22. The lowest BCUT2D eigenvalue weighted by Crippen LogP contribution is -2.36. The fraction of sp³-hybridized carbons (Fsp3) is 0.368. The van der Waals surface area contributed by atoms with Gasteiger partial charge in [0, 0.05) is 17.8 Å². The van der Waals surface area contributed by atoms with Crippen LogP contribution in [0.25, 0.3) is 11.3 Å². The monoisotopic (exact) mass is 307 g/mol. The highest BCUT2D eigenvalue weighted by Crippen LogP contribution is 2.26. The van der Waals surface area contributed by atoms with Gasteiger partial charge in [-0.3, -0.25) is 4.79 Å². The van der Waals surface area contributed by atoms with E-state index in [4.69, 9.17) is 0 Å². The zero-order chi connectivity index (χ0) is 15.8. The maximum absolute atomic E-state index is 11.4. The van der Waals surface area contributed by atoms with Crippen LogP contribution in [0.2, 0.25) is 0 Å². The number of benzene rings is 1. The Hall–Kier alpha value is -2.36. The molecule has 2 aromatic rings. The van der Waals surface area contributed by atoms with E-state index in [0.29, 0.717) is 6.42 Å². The molecule has 0 radical (unpaired) electrons. The first-order chi connectivity index (χ1) is 11.2. The minimum Gasteiger partial charge on any atom is -0.349 e. The van der Waals surface area contributed by atoms with E-state index in [0.717, 1.165) is 18.5 Å². The summed E-state index contributed by atoms with van der Waals surface area (Å²) >= 11 is 0. The largest absolute Gasteiger partial charge is 0.349 e. The average molecular weight is 307 g/mol. The van der Waals surface area contributed by atoms with Gasteiger partial charge in [0.05, 0.1) is 18.1 Å². The topological polar surface area (TPSA) is 46.9 Å². The van der Waals surface area contributed by atoms with Crippen LogP contribution in [0.15, 0.2) is 36.7 Å². The van der Waals surface area contributed by atoms with Crippen LogP contribution in [0.3, 0.4) is 0 Å². The Kier molecular flexibility index (Phi) is 3.52. The van der Waals surface area contributed by atoms with Crippen LogP contribution in [0.4, 0.5) is 0 Å². The molecule has 1 aliphatic heterocycles. The highest BCUT2D eigenvalue weighted by atomic mass is 16.1. The molecule has 118 valence electrons. The second-order valence-electron chi connectivity index (χ2n) is 6.41. The molecule has 0 saturated heterocycles. The van der Waals surface area contributed by atoms with Crippen molar-refractivity contribution in [2.24, 2.45) is 0 Å². The molecule has 1 amide bonds. The van der Waals surface area contributed by atoms with Crippen LogP contribution in [0.5, 0.6) is 0 Å². The molecule has 1 N–H and O–H groups in total. The number of hydrogen-bond acceptors (Lipinski definition) is 2. The number of hydrogen-bond donors (Lipinski definition) is 1. The Morgan fingerprint density at radius 1 is 1.17 bits per heavy atom. The molecular weight excluding hydrogens is 286 g/mol. The van der Waals surface area contributed by atoms with Gasteiger partial charge in [-0.2, -0.15) is 0 Å². The average Bonchev–Trinajstić information content (AvgIpc) is 2.99. The molecule has 1 atom stereocenters. The van der Waals surface area contributed by atoms with E-state index >= 15 is 0 Å². The van der Waals surface area contributed by atoms with Crippen molar-refractivity contribution in [3.8, 4) is 5.69 Å². The van der Waals surface area contributed by atoms with Gasteiger partial charge in [0.25, 0.3) is 0 Å². The first-order valence-corrected chi connectivity index (χ1v) is 8.37. The van der Waals surface area contributed by atoms with E-state index in [9.17, 15) is 4.79 Å². The van der Waals surface area contributed by atoms with Crippen molar-refractivity contribution in [1.29, 1.82) is 0 Å². The molecule has 2 heterocycles. The third-order valence-electron chi connectivity index (χ3n) is 4.86. The Bertz CT molecular complexity index is 770. The van der Waals surface area contributed by atoms with E-state index in [-0.39, 0.29) is 11.9 Å². The Morgan fingerprint density at radius 2 is 1.96 bits per heavy atom. The third-order valence-corrected chi connectivity index (χ3v) is 4.86. The Balaban J connectivity index is 1.64. The molecule has 4 rings (SSSR count). The summed E-state index contributed by atoms with van der Waals surface area (Å²) in [4.78, 5) is 16.0. The normalized spacial score (nSPS) is 20.7. The van der Waals surface area contributed by atoms with Crippen molar-refractivity contribution in [3.05, 3.63) is 53.6 Å². The Morgan fingerprint density at radius 3 is 2.74 bits per heavy atom. The summed E-state index contributed by atoms with van der Waals surface area (Å²) in [5, 5.41) is 2.99. The lowest BCUT2D eigenvalue weighted by molar-refractivity contribution is -0.120. The van der Waals surface area contributed by atoms with Crippen molar-refractivity contribution < 1.29 is 4.79 Å². The fourth-order valence-electron chi connectivity index (χ4n) is 3.63. The second kappa shape index (κ2) is 5.69. The number of amides is 1. The highest BCUT2D eigenvalue weighted by molar-refractivity contribution is 5.87. The molecule has 1 unspecified atom stereocenters. The number of fused-ring (bicyclic) bond motifs is 1. The summed E-state index contributed by atoms with van der Waals surface area (Å²) in [6, 6.07) is 8.66. The molecule has 1 aliphatic carbocycles. The summed E-state index contributed by atoms with van der Waals surface area (Å²) in [5.74, 6) is 0.0999. The number of nitrogens with zero attached hydrogens (tertiary/aromatic N) is 2. The smallest absolute Gasteiger partial charge is 0.224 e. The molecule has 1 aromatic carbocycles. The number of nitrogens with one attached hydrogen (secondary N) is 1. The van der Waals surface area contributed by atoms with Crippen molar-refractivity contribution in [2.45, 2.75) is 45.1 Å². The van der Waals surface area contributed by atoms with Gasteiger partial charge in [-0.25, -0.2) is 4.98 Å². The molecule has 0 bridgehead atoms. The SMILES string of the molecule is CC1NC(=O)CC=C1c1ccc(-n2cnc3c2CCCC3)cc1. The van der Waals surface area contributed by atoms with Gasteiger partial charge in [-0.15, -0.1) is 0 Å². The number of carbonyl (C=O) groups excluding carboxylic acids is 1. The molecular formula is C19H21N3O. The summed E-state index contributed by atoms with van der Waals surface area (Å²) < 4.78 is 2.22. The standard InChI is InChI=1S/C19H21N3O/c1-13-16(10-11-19(23)21-13)14-6-8-15(9-7-14)22-12-20-17-4-2-3-5-18(17)22/h6-10,12-13H,2-5,11H2,1H3,(H,21,23). The summed E-state index contributed by atoms with van der Waals surface area (Å²) in [6.45, 7) is 2.03. The van der Waals surface area contributed by atoms with Gasteiger partial charge in [0.2, 0.25) is 5.91 Å². The van der Waals surface area contributed by atoms with Gasteiger partial charge in [-0.1, -0.05) is 18.2 Å². The summed E-state index contributed by atoms with van der Waals surface area (Å²) in [7, 11) is 0. The molecule has 2 aliphatic rings. The molecule has 0 fully saturated rings. The van der Waals surface area contributed by atoms with E-state index in [2.05, 4.69) is 39.1 Å². The molecule has 4 heteroatoms. The minimum atomic E-state index is 0.0723. The predicted molar refractivity (Wildman–Crippen MR) is 90.4 cm³/mol. The van der Waals surface area contributed by atoms with E-state index in [1.165, 1.54) is 35.4 Å². The van der Waals surface area contributed by atoms with Gasteiger partial charge in [0.15, 0.2) is 0 Å². The summed E-state index contributed by atoms with van der Waals surface area (Å²) in [6.07, 6.45) is 9.18. The van der Waals surface area contributed by atoms with Crippen molar-refractivity contribution in [1.82, 2.24) is 14.9 Å². The van der Waals surface area contributed by atoms with Gasteiger partial charge >= 0.3 is 0 Å². The van der Waals surface area contributed by atoms with Crippen molar-refractivity contribution >= 4 is 11.5 Å². The highest BCUT2D eigenvalue weighted by Gasteiger charge is 2.19. The number of carbonyl (C=O) groups is 1. The number of imidazole rings is 1. The zero-order valence-electron chi connectivity index (χ0n) is 13.4. The predicted octanol–water partition coefficient (Wildman–Crippen LogP) is 3.04. The molecule has 4 nitrogen and oxygen atoms in total. The second-order valence-corrected chi connectivity index (χ2v) is 6.41. The lowest BCUT2D eigenvalue weighted by atomic mass is 9.95. The minimum absolute atomic E-state index is 0.0723. The molecule has 23 heavy (non-hydrogen) atoms. The first-order valence-electron chi connectivity index (χ1n) is 8.37. The molecule has 0 spiro atoms. The van der Waals surface area contributed by atoms with E-state index in [1.807, 2.05) is 19.3 Å². The van der Waals surface area contributed by atoms with Crippen LogP contribution < -0.4 is 5.32 Å². The van der Waals surface area contributed by atoms with Crippen LogP contribution in [-0.4, -0.2) is 21.5 Å². The maximum atomic E-state index is 11.4. The van der Waals surface area contributed by atoms with E-state index in [1.54, 1.807) is 0 Å². The molecule has 0 saturated carbocycles. The quantitative estimate of drug-likeness (QED) is 0.927. The number of rotatable bonds is 2. The van der Waals surface area contributed by atoms with Gasteiger partial charge in [0.1, 0.15) is 0 Å². The fourth-order valence-corrected chi connectivity index (χ4v) is 3.63. The number of aryl methyl sites for hydroxylation is 1. The van der Waals surface area contributed by atoms with Crippen LogP contribution in [0, 0.1) is 0 Å². The van der Waals surface area contributed by atoms with Crippen molar-refractivity contribution in [2.75, 3.05) is 0 Å².